The van der Waals surface area contributed by atoms with Gasteiger partial charge in [0.2, 0.25) is 0 Å². The summed E-state index contributed by atoms with van der Waals surface area (Å²) >= 11 is 0. The first-order chi connectivity index (χ1) is 4.95. The molecule has 10 heavy (non-hydrogen) atoms. The predicted octanol–water partition coefficient (Wildman–Crippen LogP) is 0.775. The van der Waals surface area contributed by atoms with Crippen LogP contribution in [0.25, 0.3) is 0 Å². The van der Waals surface area contributed by atoms with E-state index < -0.39 is 0 Å². The van der Waals surface area contributed by atoms with Crippen LogP contribution in [0.1, 0.15) is 19.3 Å². The van der Waals surface area contributed by atoms with Gasteiger partial charge < -0.3 is 10.1 Å². The van der Waals surface area contributed by atoms with Gasteiger partial charge in [-0.05, 0) is 18.9 Å². The predicted molar refractivity (Wildman–Crippen MR) is 40.0 cm³/mol. The molecule has 1 aliphatic heterocycles. The number of rotatable bonds is 4. The highest BCUT2D eigenvalue weighted by Gasteiger charge is 2.22. The summed E-state index contributed by atoms with van der Waals surface area (Å²) in [5.41, 5.74) is 0. The van der Waals surface area contributed by atoms with Crippen molar-refractivity contribution in [3.05, 3.63) is 0 Å². The summed E-state index contributed by atoms with van der Waals surface area (Å²) in [5.74, 6) is 1.06. The van der Waals surface area contributed by atoms with Crippen molar-refractivity contribution in [2.45, 2.75) is 25.3 Å². The largest absolute Gasteiger partial charge is 0.378 e. The Morgan fingerprint density at radius 1 is 1.30 bits per heavy atom. The number of ether oxygens (including phenoxy) is 1. The van der Waals surface area contributed by atoms with Crippen LogP contribution in [0.5, 0.6) is 0 Å². The molecule has 58 valence electrons. The molecule has 1 aliphatic carbocycles. The molecule has 1 saturated heterocycles. The monoisotopic (exact) mass is 141 g/mol. The second kappa shape index (κ2) is 2.89. The zero-order valence-corrected chi connectivity index (χ0v) is 6.31. The van der Waals surface area contributed by atoms with E-state index in [2.05, 4.69) is 5.32 Å². The average Bonchev–Trinajstić information content (AvgIpc) is 2.58. The molecule has 0 spiro atoms. The second-order valence-electron chi connectivity index (χ2n) is 3.42. The van der Waals surface area contributed by atoms with Crippen LogP contribution in [0.2, 0.25) is 0 Å². The average molecular weight is 141 g/mol. The van der Waals surface area contributed by atoms with Crippen LogP contribution in [-0.2, 0) is 4.74 Å². The molecule has 1 saturated carbocycles. The summed E-state index contributed by atoms with van der Waals surface area (Å²) in [6.45, 7) is 3.08. The third-order valence-electron chi connectivity index (χ3n) is 2.32. The summed E-state index contributed by atoms with van der Waals surface area (Å²) in [4.78, 5) is 0. The summed E-state index contributed by atoms with van der Waals surface area (Å²) in [6.07, 6.45) is 4.34. The lowest BCUT2D eigenvalue weighted by molar-refractivity contribution is -0.00505. The first-order valence-electron chi connectivity index (χ1n) is 4.26. The molecule has 2 rings (SSSR count). The zero-order chi connectivity index (χ0) is 6.81. The van der Waals surface area contributed by atoms with Crippen molar-refractivity contribution in [1.29, 1.82) is 0 Å². The summed E-state index contributed by atoms with van der Waals surface area (Å²) in [7, 11) is 0. The van der Waals surface area contributed by atoms with Crippen molar-refractivity contribution in [2.75, 3.05) is 19.8 Å². The van der Waals surface area contributed by atoms with E-state index >= 15 is 0 Å². The van der Waals surface area contributed by atoms with Gasteiger partial charge in [0, 0.05) is 0 Å². The summed E-state index contributed by atoms with van der Waals surface area (Å²) in [6, 6.07) is 0.679. The Morgan fingerprint density at radius 3 is 2.60 bits per heavy atom. The van der Waals surface area contributed by atoms with E-state index in [1.807, 2.05) is 0 Å². The van der Waals surface area contributed by atoms with Crippen molar-refractivity contribution in [1.82, 2.24) is 5.32 Å². The maximum absolute atomic E-state index is 5.05. The first kappa shape index (κ1) is 6.62. The van der Waals surface area contributed by atoms with Crippen LogP contribution in [-0.4, -0.2) is 25.8 Å². The Morgan fingerprint density at radius 2 is 2.10 bits per heavy atom. The van der Waals surface area contributed by atoms with Gasteiger partial charge >= 0.3 is 0 Å². The molecule has 0 atom stereocenters. The van der Waals surface area contributed by atoms with E-state index in [1.54, 1.807) is 0 Å². The van der Waals surface area contributed by atoms with Gasteiger partial charge in [-0.2, -0.15) is 0 Å². The molecular formula is C8H15NO. The molecule has 2 heteroatoms. The molecule has 2 aliphatic rings. The fraction of sp³-hybridized carbons (Fsp3) is 1.00. The number of hydrogen-bond donors (Lipinski definition) is 1. The fourth-order valence-electron chi connectivity index (χ4n) is 1.25. The SMILES string of the molecule is C(CC1CC1)NC1COC1. The van der Waals surface area contributed by atoms with Crippen molar-refractivity contribution < 1.29 is 4.74 Å². The van der Waals surface area contributed by atoms with E-state index in [1.165, 1.54) is 25.8 Å². The minimum atomic E-state index is 0.679. The van der Waals surface area contributed by atoms with Gasteiger partial charge in [0.25, 0.3) is 0 Å². The molecule has 0 unspecified atom stereocenters. The van der Waals surface area contributed by atoms with Crippen LogP contribution in [0.4, 0.5) is 0 Å². The molecule has 0 aromatic carbocycles. The van der Waals surface area contributed by atoms with Crippen molar-refractivity contribution in [3.63, 3.8) is 0 Å². The molecule has 1 N–H and O–H groups in total. The minimum absolute atomic E-state index is 0.679. The summed E-state index contributed by atoms with van der Waals surface area (Å²) in [5, 5.41) is 3.47. The molecule has 2 nitrogen and oxygen atoms in total. The minimum Gasteiger partial charge on any atom is -0.378 e. The van der Waals surface area contributed by atoms with Crippen molar-refractivity contribution >= 4 is 0 Å². The zero-order valence-electron chi connectivity index (χ0n) is 6.31. The summed E-state index contributed by atoms with van der Waals surface area (Å²) < 4.78 is 5.05. The fourth-order valence-corrected chi connectivity index (χ4v) is 1.25. The van der Waals surface area contributed by atoms with Crippen molar-refractivity contribution in [2.24, 2.45) is 5.92 Å². The Labute approximate surface area is 61.9 Å². The Bertz CT molecular complexity index is 108. The molecular weight excluding hydrogens is 126 g/mol. The number of nitrogens with one attached hydrogen (secondary N) is 1. The van der Waals surface area contributed by atoms with Crippen LogP contribution in [0, 0.1) is 5.92 Å². The highest BCUT2D eigenvalue weighted by Crippen LogP contribution is 2.31. The standard InChI is InChI=1S/C8H15NO/c1-2-7(1)3-4-9-8-5-10-6-8/h7-9H,1-6H2. The molecule has 0 aromatic heterocycles. The molecule has 0 radical (unpaired) electrons. The lowest BCUT2D eigenvalue weighted by Crippen LogP contribution is -2.46. The molecule has 2 fully saturated rings. The third kappa shape index (κ3) is 1.70. The van der Waals surface area contributed by atoms with Crippen LogP contribution < -0.4 is 5.32 Å². The van der Waals surface area contributed by atoms with Gasteiger partial charge in [0.05, 0.1) is 19.3 Å². The van der Waals surface area contributed by atoms with Gasteiger partial charge in [-0.1, -0.05) is 12.8 Å². The lowest BCUT2D eigenvalue weighted by atomic mass is 10.2. The Hall–Kier alpha value is -0.0800. The van der Waals surface area contributed by atoms with E-state index in [4.69, 9.17) is 4.74 Å². The van der Waals surface area contributed by atoms with E-state index in [-0.39, 0.29) is 0 Å². The smallest absolute Gasteiger partial charge is 0.0643 e. The van der Waals surface area contributed by atoms with Gasteiger partial charge in [-0.25, -0.2) is 0 Å². The molecule has 0 amide bonds. The van der Waals surface area contributed by atoms with Crippen molar-refractivity contribution in [3.8, 4) is 0 Å². The van der Waals surface area contributed by atoms with Gasteiger partial charge in [0.1, 0.15) is 0 Å². The van der Waals surface area contributed by atoms with E-state index in [0.717, 1.165) is 19.1 Å². The first-order valence-corrected chi connectivity index (χ1v) is 4.26. The highest BCUT2D eigenvalue weighted by molar-refractivity contribution is 4.77. The van der Waals surface area contributed by atoms with E-state index in [0.29, 0.717) is 6.04 Å². The van der Waals surface area contributed by atoms with E-state index in [9.17, 15) is 0 Å². The normalized spacial score (nSPS) is 26.4. The lowest BCUT2D eigenvalue weighted by Gasteiger charge is -2.26. The van der Waals surface area contributed by atoms with Gasteiger partial charge in [-0.3, -0.25) is 0 Å². The van der Waals surface area contributed by atoms with Gasteiger partial charge in [-0.15, -0.1) is 0 Å². The van der Waals surface area contributed by atoms with Crippen LogP contribution in [0.3, 0.4) is 0 Å². The topological polar surface area (TPSA) is 21.3 Å². The highest BCUT2D eigenvalue weighted by atomic mass is 16.5. The molecule has 1 heterocycles. The molecule has 0 aromatic rings. The van der Waals surface area contributed by atoms with Crippen LogP contribution in [0.15, 0.2) is 0 Å². The Kier molecular flexibility index (Phi) is 1.91. The molecule has 0 bridgehead atoms. The third-order valence-corrected chi connectivity index (χ3v) is 2.32. The number of hydrogen-bond acceptors (Lipinski definition) is 2. The Balaban J connectivity index is 1.46. The second-order valence-corrected chi connectivity index (χ2v) is 3.42. The maximum atomic E-state index is 5.05. The quantitative estimate of drug-likeness (QED) is 0.624. The van der Waals surface area contributed by atoms with Gasteiger partial charge in [0.15, 0.2) is 0 Å². The maximum Gasteiger partial charge on any atom is 0.0643 e. The van der Waals surface area contributed by atoms with Crippen LogP contribution >= 0.6 is 0 Å².